The molecule has 1 saturated carbocycles. The van der Waals surface area contributed by atoms with Crippen molar-refractivity contribution in [2.45, 2.75) is 45.4 Å². The Morgan fingerprint density at radius 3 is 2.65 bits per heavy atom. The molecular formula is C15H21NO. The van der Waals surface area contributed by atoms with E-state index in [9.17, 15) is 4.79 Å². The first kappa shape index (κ1) is 12.2. The number of anilines is 1. The van der Waals surface area contributed by atoms with Crippen molar-refractivity contribution in [1.82, 2.24) is 0 Å². The zero-order valence-corrected chi connectivity index (χ0v) is 10.7. The van der Waals surface area contributed by atoms with Crippen molar-refractivity contribution in [2.75, 3.05) is 5.32 Å². The number of nitrogens with one attached hydrogen (secondary N) is 1. The molecule has 1 aromatic carbocycles. The van der Waals surface area contributed by atoms with E-state index < -0.39 is 0 Å². The minimum absolute atomic E-state index is 0.198. The minimum atomic E-state index is 0.198. The Hall–Kier alpha value is -1.31. The van der Waals surface area contributed by atoms with E-state index in [4.69, 9.17) is 0 Å². The summed E-state index contributed by atoms with van der Waals surface area (Å²) >= 11 is 0. The SMILES string of the molecule is CC(C)c1cccc(NC(=O)C2CCCC2)c1. The molecule has 17 heavy (non-hydrogen) atoms. The number of carbonyl (C=O) groups excluding carboxylic acids is 1. The van der Waals surface area contributed by atoms with Gasteiger partial charge in [-0.15, -0.1) is 0 Å². The largest absolute Gasteiger partial charge is 0.326 e. The highest BCUT2D eigenvalue weighted by molar-refractivity contribution is 5.92. The van der Waals surface area contributed by atoms with Gasteiger partial charge in [-0.2, -0.15) is 0 Å². The van der Waals surface area contributed by atoms with Crippen molar-refractivity contribution in [3.8, 4) is 0 Å². The van der Waals surface area contributed by atoms with Crippen LogP contribution in [0.15, 0.2) is 24.3 Å². The molecule has 1 fully saturated rings. The zero-order valence-electron chi connectivity index (χ0n) is 10.7. The summed E-state index contributed by atoms with van der Waals surface area (Å²) in [5.74, 6) is 0.930. The lowest BCUT2D eigenvalue weighted by Gasteiger charge is -2.12. The fourth-order valence-electron chi connectivity index (χ4n) is 2.41. The third kappa shape index (κ3) is 3.09. The summed E-state index contributed by atoms with van der Waals surface area (Å²) in [4.78, 5) is 12.0. The number of amides is 1. The van der Waals surface area contributed by atoms with E-state index in [1.165, 1.54) is 18.4 Å². The molecule has 1 N–H and O–H groups in total. The normalized spacial score (nSPS) is 16.4. The van der Waals surface area contributed by atoms with Crippen LogP contribution in [0.2, 0.25) is 0 Å². The highest BCUT2D eigenvalue weighted by Gasteiger charge is 2.22. The van der Waals surface area contributed by atoms with Crippen LogP contribution in [0.25, 0.3) is 0 Å². The third-order valence-electron chi connectivity index (χ3n) is 3.55. The van der Waals surface area contributed by atoms with E-state index in [1.54, 1.807) is 0 Å². The molecule has 0 radical (unpaired) electrons. The Morgan fingerprint density at radius 1 is 1.29 bits per heavy atom. The predicted octanol–water partition coefficient (Wildman–Crippen LogP) is 3.94. The summed E-state index contributed by atoms with van der Waals surface area (Å²) in [6.07, 6.45) is 4.50. The van der Waals surface area contributed by atoms with Gasteiger partial charge in [0, 0.05) is 11.6 Å². The molecule has 0 bridgehead atoms. The topological polar surface area (TPSA) is 29.1 Å². The standard InChI is InChI=1S/C15H21NO/c1-11(2)13-8-5-9-14(10-13)16-15(17)12-6-3-4-7-12/h5,8-12H,3-4,6-7H2,1-2H3,(H,16,17). The van der Waals surface area contributed by atoms with E-state index in [1.807, 2.05) is 12.1 Å². The van der Waals surface area contributed by atoms with Gasteiger partial charge in [-0.25, -0.2) is 0 Å². The van der Waals surface area contributed by atoms with Crippen molar-refractivity contribution in [3.05, 3.63) is 29.8 Å². The Balaban J connectivity index is 2.02. The van der Waals surface area contributed by atoms with E-state index in [-0.39, 0.29) is 11.8 Å². The zero-order chi connectivity index (χ0) is 12.3. The molecule has 0 aromatic heterocycles. The number of benzene rings is 1. The van der Waals surface area contributed by atoms with Gasteiger partial charge in [0.15, 0.2) is 0 Å². The third-order valence-corrected chi connectivity index (χ3v) is 3.55. The number of hydrogen-bond acceptors (Lipinski definition) is 1. The summed E-state index contributed by atoms with van der Waals surface area (Å²) < 4.78 is 0. The Bertz CT molecular complexity index is 392. The van der Waals surface area contributed by atoms with Gasteiger partial charge in [-0.05, 0) is 36.5 Å². The van der Waals surface area contributed by atoms with Crippen LogP contribution in [-0.2, 0) is 4.79 Å². The van der Waals surface area contributed by atoms with Crippen LogP contribution in [-0.4, -0.2) is 5.91 Å². The molecule has 1 aliphatic carbocycles. The molecule has 2 heteroatoms. The molecule has 92 valence electrons. The maximum absolute atomic E-state index is 12.0. The molecule has 0 heterocycles. The maximum atomic E-state index is 12.0. The molecule has 0 aliphatic heterocycles. The highest BCUT2D eigenvalue weighted by atomic mass is 16.1. The molecule has 0 saturated heterocycles. The van der Waals surface area contributed by atoms with Crippen LogP contribution in [0, 0.1) is 5.92 Å². The minimum Gasteiger partial charge on any atom is -0.326 e. The van der Waals surface area contributed by atoms with Gasteiger partial charge in [0.1, 0.15) is 0 Å². The van der Waals surface area contributed by atoms with Crippen molar-refractivity contribution in [2.24, 2.45) is 5.92 Å². The number of carbonyl (C=O) groups is 1. The molecule has 0 spiro atoms. The van der Waals surface area contributed by atoms with Crippen LogP contribution in [0.1, 0.15) is 51.0 Å². The summed E-state index contributed by atoms with van der Waals surface area (Å²) in [7, 11) is 0. The van der Waals surface area contributed by atoms with Crippen LogP contribution in [0.4, 0.5) is 5.69 Å². The molecule has 1 aliphatic rings. The predicted molar refractivity (Wildman–Crippen MR) is 71.1 cm³/mol. The summed E-state index contributed by atoms with van der Waals surface area (Å²) in [5.41, 5.74) is 2.21. The second kappa shape index (κ2) is 5.35. The Kier molecular flexibility index (Phi) is 3.82. The van der Waals surface area contributed by atoms with Gasteiger partial charge in [-0.1, -0.05) is 38.8 Å². The molecule has 0 atom stereocenters. The van der Waals surface area contributed by atoms with Crippen LogP contribution in [0.5, 0.6) is 0 Å². The molecule has 1 aromatic rings. The summed E-state index contributed by atoms with van der Waals surface area (Å²) in [5, 5.41) is 3.04. The average molecular weight is 231 g/mol. The highest BCUT2D eigenvalue weighted by Crippen LogP contribution is 2.26. The van der Waals surface area contributed by atoms with Gasteiger partial charge in [0.25, 0.3) is 0 Å². The average Bonchev–Trinajstić information content (AvgIpc) is 2.82. The van der Waals surface area contributed by atoms with Gasteiger partial charge >= 0.3 is 0 Å². The first-order chi connectivity index (χ1) is 8.16. The van der Waals surface area contributed by atoms with Crippen molar-refractivity contribution in [3.63, 3.8) is 0 Å². The fourth-order valence-corrected chi connectivity index (χ4v) is 2.41. The van der Waals surface area contributed by atoms with Crippen LogP contribution < -0.4 is 5.32 Å². The van der Waals surface area contributed by atoms with Gasteiger partial charge in [0.2, 0.25) is 5.91 Å². The van der Waals surface area contributed by atoms with Gasteiger partial charge < -0.3 is 5.32 Å². The monoisotopic (exact) mass is 231 g/mol. The Morgan fingerprint density at radius 2 is 2.00 bits per heavy atom. The van der Waals surface area contributed by atoms with E-state index in [0.717, 1.165) is 18.5 Å². The van der Waals surface area contributed by atoms with Crippen molar-refractivity contribution >= 4 is 11.6 Å². The number of rotatable bonds is 3. The van der Waals surface area contributed by atoms with Crippen LogP contribution >= 0.6 is 0 Å². The van der Waals surface area contributed by atoms with E-state index >= 15 is 0 Å². The Labute approximate surface area is 103 Å². The van der Waals surface area contributed by atoms with Crippen LogP contribution in [0.3, 0.4) is 0 Å². The van der Waals surface area contributed by atoms with Crippen molar-refractivity contribution < 1.29 is 4.79 Å². The first-order valence-electron chi connectivity index (χ1n) is 6.57. The lowest BCUT2D eigenvalue weighted by Crippen LogP contribution is -2.20. The molecule has 0 unspecified atom stereocenters. The van der Waals surface area contributed by atoms with E-state index in [2.05, 4.69) is 31.3 Å². The molecule has 2 nitrogen and oxygen atoms in total. The lowest BCUT2D eigenvalue weighted by molar-refractivity contribution is -0.119. The smallest absolute Gasteiger partial charge is 0.227 e. The second-order valence-corrected chi connectivity index (χ2v) is 5.25. The van der Waals surface area contributed by atoms with Crippen molar-refractivity contribution in [1.29, 1.82) is 0 Å². The molecule has 2 rings (SSSR count). The molecule has 1 amide bonds. The van der Waals surface area contributed by atoms with Gasteiger partial charge in [0.05, 0.1) is 0 Å². The summed E-state index contributed by atoms with van der Waals surface area (Å²) in [6.45, 7) is 4.33. The quantitative estimate of drug-likeness (QED) is 0.838. The summed E-state index contributed by atoms with van der Waals surface area (Å²) in [6, 6.07) is 8.17. The maximum Gasteiger partial charge on any atom is 0.227 e. The van der Waals surface area contributed by atoms with E-state index in [0.29, 0.717) is 5.92 Å². The first-order valence-corrected chi connectivity index (χ1v) is 6.57. The molecular weight excluding hydrogens is 210 g/mol. The van der Waals surface area contributed by atoms with Gasteiger partial charge in [-0.3, -0.25) is 4.79 Å². The lowest BCUT2D eigenvalue weighted by atomic mass is 10.0. The second-order valence-electron chi connectivity index (χ2n) is 5.25. The fraction of sp³-hybridized carbons (Fsp3) is 0.533. The number of hydrogen-bond donors (Lipinski definition) is 1.